The molecule has 206 valence electrons. The Hall–Kier alpha value is -6.24. The molecule has 8 aromatic carbocycles. The summed E-state index contributed by atoms with van der Waals surface area (Å²) in [7, 11) is 0. The number of rotatable bonds is 2. The van der Waals surface area contributed by atoms with Gasteiger partial charge in [-0.15, -0.1) is 0 Å². The zero-order valence-corrected chi connectivity index (χ0v) is 24.1. The maximum Gasteiger partial charge on any atom is 0.146 e. The second-order valence-corrected chi connectivity index (χ2v) is 11.9. The zero-order valence-electron chi connectivity index (χ0n) is 24.1. The van der Waals surface area contributed by atoms with Gasteiger partial charge in [0, 0.05) is 10.8 Å². The van der Waals surface area contributed by atoms with E-state index in [1.54, 1.807) is 0 Å². The molecule has 0 N–H and O–H groups in total. The first-order valence-electron chi connectivity index (χ1n) is 15.2. The standard InChI is InChI=1S/C42H23N3/c43-24-25-8-18-33-36-23-31(17-21-35(36)42-44-37-6-1-2-7-38(37)45(42)39(33)22-25)26-9-11-27(12-10-26)32-19-15-30-14-13-28-4-3-5-29-16-20-34(32)41(30)40(28)29/h1-23H. The normalized spacial score (nSPS) is 12.0. The fourth-order valence-corrected chi connectivity index (χ4v) is 7.44. The lowest BCUT2D eigenvalue weighted by Crippen LogP contribution is -1.93. The first-order chi connectivity index (χ1) is 22.2. The monoisotopic (exact) mass is 569 g/mol. The van der Waals surface area contributed by atoms with Crippen molar-refractivity contribution < 1.29 is 0 Å². The summed E-state index contributed by atoms with van der Waals surface area (Å²) in [6.45, 7) is 0. The number of benzene rings is 8. The lowest BCUT2D eigenvalue weighted by molar-refractivity contribution is 1.31. The second-order valence-electron chi connectivity index (χ2n) is 11.9. The predicted octanol–water partition coefficient (Wildman–Crippen LogP) is 10.9. The summed E-state index contributed by atoms with van der Waals surface area (Å²) >= 11 is 0. The molecule has 0 bridgehead atoms. The van der Waals surface area contributed by atoms with Gasteiger partial charge in [0.1, 0.15) is 5.65 Å². The van der Waals surface area contributed by atoms with Gasteiger partial charge in [0.25, 0.3) is 0 Å². The Labute approximate surface area is 258 Å². The van der Waals surface area contributed by atoms with Crippen molar-refractivity contribution in [2.24, 2.45) is 0 Å². The third-order valence-corrected chi connectivity index (χ3v) is 9.54. The molecule has 0 fully saturated rings. The van der Waals surface area contributed by atoms with E-state index >= 15 is 0 Å². The highest BCUT2D eigenvalue weighted by Crippen LogP contribution is 2.40. The van der Waals surface area contributed by atoms with Gasteiger partial charge in [-0.05, 0) is 96.4 Å². The fraction of sp³-hybridized carbons (Fsp3) is 0. The van der Waals surface area contributed by atoms with Crippen LogP contribution in [0.4, 0.5) is 0 Å². The van der Waals surface area contributed by atoms with Crippen molar-refractivity contribution in [3.63, 3.8) is 0 Å². The van der Waals surface area contributed by atoms with Gasteiger partial charge >= 0.3 is 0 Å². The number of hydrogen-bond acceptors (Lipinski definition) is 2. The van der Waals surface area contributed by atoms with Crippen molar-refractivity contribution in [2.75, 3.05) is 0 Å². The van der Waals surface area contributed by atoms with Crippen LogP contribution in [0, 0.1) is 11.3 Å². The van der Waals surface area contributed by atoms with Crippen molar-refractivity contribution in [1.29, 1.82) is 5.26 Å². The van der Waals surface area contributed by atoms with Crippen molar-refractivity contribution >= 4 is 70.7 Å². The quantitative estimate of drug-likeness (QED) is 0.194. The SMILES string of the molecule is N#Cc1ccc2c3cc(-c4ccc(-c5ccc6ccc7cccc8ccc5c6c78)cc4)ccc3c3nc4ccccc4n3c2c1. The molecule has 0 radical (unpaired) electrons. The highest BCUT2D eigenvalue weighted by Gasteiger charge is 2.16. The molecular formula is C42H23N3. The smallest absolute Gasteiger partial charge is 0.146 e. The van der Waals surface area contributed by atoms with Gasteiger partial charge in [0.15, 0.2) is 0 Å². The van der Waals surface area contributed by atoms with E-state index < -0.39 is 0 Å². The molecule has 10 aromatic rings. The molecule has 0 amide bonds. The number of aromatic nitrogens is 2. The number of hydrogen-bond donors (Lipinski definition) is 0. The molecule has 0 aliphatic heterocycles. The second kappa shape index (κ2) is 8.89. The minimum atomic E-state index is 0.638. The van der Waals surface area contributed by atoms with E-state index in [2.05, 4.69) is 120 Å². The van der Waals surface area contributed by atoms with Gasteiger partial charge in [0.05, 0.1) is 28.2 Å². The molecule has 0 spiro atoms. The summed E-state index contributed by atoms with van der Waals surface area (Å²) in [5.41, 5.74) is 9.29. The summed E-state index contributed by atoms with van der Waals surface area (Å²) in [6.07, 6.45) is 0. The third kappa shape index (κ3) is 3.37. The molecule has 0 aliphatic carbocycles. The van der Waals surface area contributed by atoms with Crippen LogP contribution in [0.1, 0.15) is 5.56 Å². The molecule has 2 heterocycles. The molecule has 10 rings (SSSR count). The Balaban J connectivity index is 1.15. The summed E-state index contributed by atoms with van der Waals surface area (Å²) < 4.78 is 2.19. The number of nitriles is 1. The predicted molar refractivity (Wildman–Crippen MR) is 187 cm³/mol. The summed E-state index contributed by atoms with van der Waals surface area (Å²) in [4.78, 5) is 5.03. The van der Waals surface area contributed by atoms with E-state index in [-0.39, 0.29) is 0 Å². The van der Waals surface area contributed by atoms with Gasteiger partial charge in [0.2, 0.25) is 0 Å². The first-order valence-corrected chi connectivity index (χ1v) is 15.2. The summed E-state index contributed by atoms with van der Waals surface area (Å²) in [5, 5.41) is 20.8. The van der Waals surface area contributed by atoms with Gasteiger partial charge in [-0.2, -0.15) is 5.26 Å². The van der Waals surface area contributed by atoms with Crippen LogP contribution in [-0.2, 0) is 0 Å². The third-order valence-electron chi connectivity index (χ3n) is 9.54. The Morgan fingerprint density at radius 3 is 2.02 bits per heavy atom. The number of nitrogens with zero attached hydrogens (tertiary/aromatic N) is 3. The largest absolute Gasteiger partial charge is 0.292 e. The molecule has 3 heteroatoms. The van der Waals surface area contributed by atoms with Crippen LogP contribution in [0.2, 0.25) is 0 Å². The average Bonchev–Trinajstić information content (AvgIpc) is 3.50. The maximum atomic E-state index is 9.70. The van der Waals surface area contributed by atoms with Gasteiger partial charge in [-0.3, -0.25) is 4.40 Å². The minimum Gasteiger partial charge on any atom is -0.292 e. The highest BCUT2D eigenvalue weighted by molar-refractivity contribution is 6.25. The minimum absolute atomic E-state index is 0.638. The van der Waals surface area contributed by atoms with Crippen LogP contribution >= 0.6 is 0 Å². The topological polar surface area (TPSA) is 41.1 Å². The number of imidazole rings is 1. The lowest BCUT2D eigenvalue weighted by Gasteiger charge is -2.14. The fourth-order valence-electron chi connectivity index (χ4n) is 7.44. The van der Waals surface area contributed by atoms with Gasteiger partial charge in [-0.25, -0.2) is 4.98 Å². The van der Waals surface area contributed by atoms with Crippen molar-refractivity contribution in [3.8, 4) is 28.3 Å². The Morgan fingerprint density at radius 2 is 1.18 bits per heavy atom. The molecule has 2 aromatic heterocycles. The molecule has 0 atom stereocenters. The molecule has 0 saturated heterocycles. The van der Waals surface area contributed by atoms with E-state index in [1.165, 1.54) is 43.4 Å². The molecule has 0 saturated carbocycles. The molecule has 3 nitrogen and oxygen atoms in total. The van der Waals surface area contributed by atoms with Crippen LogP contribution in [-0.4, -0.2) is 9.38 Å². The highest BCUT2D eigenvalue weighted by atomic mass is 15.0. The maximum absolute atomic E-state index is 9.70. The van der Waals surface area contributed by atoms with Crippen molar-refractivity contribution in [3.05, 3.63) is 145 Å². The van der Waals surface area contributed by atoms with E-state index in [0.29, 0.717) is 5.56 Å². The van der Waals surface area contributed by atoms with E-state index in [1.807, 2.05) is 30.3 Å². The molecule has 45 heavy (non-hydrogen) atoms. The van der Waals surface area contributed by atoms with Crippen LogP contribution in [0.5, 0.6) is 0 Å². The van der Waals surface area contributed by atoms with Crippen LogP contribution < -0.4 is 0 Å². The van der Waals surface area contributed by atoms with Crippen LogP contribution in [0.3, 0.4) is 0 Å². The Kier molecular flexibility index (Phi) is 4.79. The first kappa shape index (κ1) is 24.2. The van der Waals surface area contributed by atoms with Crippen LogP contribution in [0.25, 0.3) is 92.9 Å². The lowest BCUT2D eigenvalue weighted by atomic mass is 9.89. The van der Waals surface area contributed by atoms with E-state index in [9.17, 15) is 5.26 Å². The van der Waals surface area contributed by atoms with Gasteiger partial charge in [-0.1, -0.05) is 103 Å². The summed E-state index contributed by atoms with van der Waals surface area (Å²) in [6, 6.07) is 52.1. The zero-order chi connectivity index (χ0) is 29.6. The van der Waals surface area contributed by atoms with E-state index in [0.717, 1.165) is 49.5 Å². The average molecular weight is 570 g/mol. The molecule has 0 unspecified atom stereocenters. The van der Waals surface area contributed by atoms with Crippen molar-refractivity contribution in [1.82, 2.24) is 9.38 Å². The molecule has 0 aliphatic rings. The molecular weight excluding hydrogens is 546 g/mol. The number of fused-ring (bicyclic) bond motifs is 8. The number of pyridine rings is 1. The Bertz CT molecular complexity index is 2850. The Morgan fingerprint density at radius 1 is 0.489 bits per heavy atom. The van der Waals surface area contributed by atoms with Crippen molar-refractivity contribution in [2.45, 2.75) is 0 Å². The van der Waals surface area contributed by atoms with E-state index in [4.69, 9.17) is 4.98 Å². The van der Waals surface area contributed by atoms with Crippen LogP contribution in [0.15, 0.2) is 140 Å². The van der Waals surface area contributed by atoms with Gasteiger partial charge < -0.3 is 0 Å². The summed E-state index contributed by atoms with van der Waals surface area (Å²) in [5.74, 6) is 0. The number of para-hydroxylation sites is 2.